The summed E-state index contributed by atoms with van der Waals surface area (Å²) in [5.74, 6) is -0.0194. The molecular weight excluding hydrogens is 338 g/mol. The molecule has 1 amide bonds. The quantitative estimate of drug-likeness (QED) is 0.732. The van der Waals surface area contributed by atoms with Gasteiger partial charge in [-0.05, 0) is 17.5 Å². The van der Waals surface area contributed by atoms with E-state index in [1.54, 1.807) is 6.07 Å². The Morgan fingerprint density at radius 1 is 0.963 bits per heavy atom. The molecule has 0 saturated heterocycles. The Hall–Kier alpha value is -3.21. The highest BCUT2D eigenvalue weighted by Gasteiger charge is 2.18. The first-order valence-corrected chi connectivity index (χ1v) is 9.02. The molecule has 0 aliphatic heterocycles. The maximum Gasteiger partial charge on any atom is 0.267 e. The Morgan fingerprint density at radius 2 is 1.59 bits per heavy atom. The molecule has 0 fully saturated rings. The zero-order valence-corrected chi connectivity index (χ0v) is 15.5. The van der Waals surface area contributed by atoms with Crippen molar-refractivity contribution < 1.29 is 4.79 Å². The molecule has 0 aliphatic carbocycles. The molecule has 138 valence electrons. The molecule has 3 rings (SSSR count). The molecule has 27 heavy (non-hydrogen) atoms. The minimum absolute atomic E-state index is 0.116. The summed E-state index contributed by atoms with van der Waals surface area (Å²) in [6.45, 7) is 3.99. The Kier molecular flexibility index (Phi) is 5.81. The van der Waals surface area contributed by atoms with Gasteiger partial charge in [0.1, 0.15) is 6.54 Å². The average Bonchev–Trinajstić information content (AvgIpc) is 2.69. The SMILES string of the molecule is CC(C)[C@H](NC(=O)Cn1nc(-c2ccccc2)ccc1=O)c1ccccc1. The van der Waals surface area contributed by atoms with Gasteiger partial charge in [-0.3, -0.25) is 9.59 Å². The highest BCUT2D eigenvalue weighted by molar-refractivity contribution is 5.76. The average molecular weight is 361 g/mol. The van der Waals surface area contributed by atoms with Crippen LogP contribution in [0.25, 0.3) is 11.3 Å². The number of aromatic nitrogens is 2. The largest absolute Gasteiger partial charge is 0.347 e. The van der Waals surface area contributed by atoms with Crippen molar-refractivity contribution >= 4 is 5.91 Å². The summed E-state index contributed by atoms with van der Waals surface area (Å²) in [6.07, 6.45) is 0. The van der Waals surface area contributed by atoms with E-state index in [1.165, 1.54) is 10.7 Å². The standard InChI is InChI=1S/C22H23N3O2/c1-16(2)22(18-11-7-4-8-12-18)23-20(26)15-25-21(27)14-13-19(24-25)17-9-5-3-6-10-17/h3-14,16,22H,15H2,1-2H3,(H,23,26)/t22-/m0/s1. The molecule has 0 bridgehead atoms. The lowest BCUT2D eigenvalue weighted by Gasteiger charge is -2.23. The molecule has 1 aromatic heterocycles. The van der Waals surface area contributed by atoms with Crippen molar-refractivity contribution in [3.63, 3.8) is 0 Å². The fraction of sp³-hybridized carbons (Fsp3) is 0.227. The number of hydrogen-bond acceptors (Lipinski definition) is 3. The predicted molar refractivity (Wildman–Crippen MR) is 106 cm³/mol. The van der Waals surface area contributed by atoms with Crippen LogP contribution in [0.2, 0.25) is 0 Å². The molecular formula is C22H23N3O2. The third kappa shape index (κ3) is 4.70. The van der Waals surface area contributed by atoms with Gasteiger partial charge in [-0.25, -0.2) is 4.68 Å². The lowest BCUT2D eigenvalue weighted by Crippen LogP contribution is -2.37. The fourth-order valence-corrected chi connectivity index (χ4v) is 2.98. The monoisotopic (exact) mass is 361 g/mol. The van der Waals surface area contributed by atoms with Crippen LogP contribution in [0.15, 0.2) is 77.6 Å². The molecule has 0 saturated carbocycles. The van der Waals surface area contributed by atoms with Gasteiger partial charge in [-0.2, -0.15) is 5.10 Å². The third-order valence-corrected chi connectivity index (χ3v) is 4.37. The molecule has 0 aliphatic rings. The van der Waals surface area contributed by atoms with E-state index >= 15 is 0 Å². The first-order chi connectivity index (χ1) is 13.0. The molecule has 1 atom stereocenters. The van der Waals surface area contributed by atoms with Gasteiger partial charge in [-0.15, -0.1) is 0 Å². The minimum atomic E-state index is -0.300. The zero-order chi connectivity index (χ0) is 19.2. The number of hydrogen-bond donors (Lipinski definition) is 1. The van der Waals surface area contributed by atoms with Crippen molar-refractivity contribution in [2.24, 2.45) is 5.92 Å². The molecule has 0 spiro atoms. The number of benzene rings is 2. The smallest absolute Gasteiger partial charge is 0.267 e. The maximum atomic E-state index is 12.6. The molecule has 1 heterocycles. The van der Waals surface area contributed by atoms with Gasteiger partial charge in [0, 0.05) is 11.6 Å². The maximum absolute atomic E-state index is 12.6. The second-order valence-corrected chi connectivity index (χ2v) is 6.78. The fourth-order valence-electron chi connectivity index (χ4n) is 2.98. The Bertz CT molecular complexity index is 950. The highest BCUT2D eigenvalue weighted by Crippen LogP contribution is 2.21. The second-order valence-electron chi connectivity index (χ2n) is 6.78. The Morgan fingerprint density at radius 3 is 2.22 bits per heavy atom. The van der Waals surface area contributed by atoms with E-state index in [4.69, 9.17) is 0 Å². The predicted octanol–water partition coefficient (Wildman–Crippen LogP) is 3.42. The van der Waals surface area contributed by atoms with Crippen LogP contribution >= 0.6 is 0 Å². The van der Waals surface area contributed by atoms with Crippen LogP contribution in [-0.2, 0) is 11.3 Å². The summed E-state index contributed by atoms with van der Waals surface area (Å²) in [5.41, 5.74) is 2.30. The van der Waals surface area contributed by atoms with Crippen LogP contribution in [0.1, 0.15) is 25.5 Å². The van der Waals surface area contributed by atoms with E-state index in [2.05, 4.69) is 24.3 Å². The van der Waals surface area contributed by atoms with Gasteiger partial charge in [0.2, 0.25) is 5.91 Å². The lowest BCUT2D eigenvalue weighted by molar-refractivity contribution is -0.123. The molecule has 0 radical (unpaired) electrons. The molecule has 1 N–H and O–H groups in total. The summed E-state index contributed by atoms with van der Waals surface area (Å²) < 4.78 is 1.21. The summed E-state index contributed by atoms with van der Waals surface area (Å²) in [6, 6.07) is 22.4. The topological polar surface area (TPSA) is 64.0 Å². The number of carbonyl (C=O) groups excluding carboxylic acids is 1. The third-order valence-electron chi connectivity index (χ3n) is 4.37. The van der Waals surface area contributed by atoms with Crippen molar-refractivity contribution in [2.45, 2.75) is 26.4 Å². The summed E-state index contributed by atoms with van der Waals surface area (Å²) in [5, 5.41) is 7.38. The summed E-state index contributed by atoms with van der Waals surface area (Å²) in [4.78, 5) is 24.7. The van der Waals surface area contributed by atoms with E-state index in [0.717, 1.165) is 11.1 Å². The van der Waals surface area contributed by atoms with Gasteiger partial charge in [0.05, 0.1) is 11.7 Å². The molecule has 5 nitrogen and oxygen atoms in total. The van der Waals surface area contributed by atoms with Crippen molar-refractivity contribution in [3.05, 3.63) is 88.7 Å². The van der Waals surface area contributed by atoms with Gasteiger partial charge < -0.3 is 5.32 Å². The van der Waals surface area contributed by atoms with Crippen LogP contribution in [-0.4, -0.2) is 15.7 Å². The number of nitrogens with zero attached hydrogens (tertiary/aromatic N) is 2. The van der Waals surface area contributed by atoms with E-state index < -0.39 is 0 Å². The molecule has 2 aromatic carbocycles. The van der Waals surface area contributed by atoms with Crippen molar-refractivity contribution in [1.82, 2.24) is 15.1 Å². The van der Waals surface area contributed by atoms with Gasteiger partial charge in [0.15, 0.2) is 0 Å². The zero-order valence-electron chi connectivity index (χ0n) is 15.5. The first kappa shape index (κ1) is 18.6. The number of nitrogens with one attached hydrogen (secondary N) is 1. The van der Waals surface area contributed by atoms with E-state index in [9.17, 15) is 9.59 Å². The van der Waals surface area contributed by atoms with Crippen LogP contribution in [0, 0.1) is 5.92 Å². The van der Waals surface area contributed by atoms with Crippen LogP contribution in [0.4, 0.5) is 0 Å². The van der Waals surface area contributed by atoms with Crippen molar-refractivity contribution in [1.29, 1.82) is 0 Å². The van der Waals surface area contributed by atoms with Gasteiger partial charge in [-0.1, -0.05) is 74.5 Å². The van der Waals surface area contributed by atoms with Crippen LogP contribution in [0.3, 0.4) is 0 Å². The Balaban J connectivity index is 1.78. The van der Waals surface area contributed by atoms with Crippen LogP contribution < -0.4 is 10.9 Å². The number of carbonyl (C=O) groups is 1. The minimum Gasteiger partial charge on any atom is -0.347 e. The van der Waals surface area contributed by atoms with Crippen molar-refractivity contribution in [3.8, 4) is 11.3 Å². The van der Waals surface area contributed by atoms with E-state index in [1.807, 2.05) is 60.7 Å². The molecule has 0 unspecified atom stereocenters. The second kappa shape index (κ2) is 8.45. The highest BCUT2D eigenvalue weighted by atomic mass is 16.2. The van der Waals surface area contributed by atoms with Crippen LogP contribution in [0.5, 0.6) is 0 Å². The van der Waals surface area contributed by atoms with E-state index in [0.29, 0.717) is 5.69 Å². The normalized spacial score (nSPS) is 12.0. The van der Waals surface area contributed by atoms with Gasteiger partial charge in [0.25, 0.3) is 5.56 Å². The van der Waals surface area contributed by atoms with Crippen molar-refractivity contribution in [2.75, 3.05) is 0 Å². The molecule has 5 heteroatoms. The lowest BCUT2D eigenvalue weighted by atomic mass is 9.96. The van der Waals surface area contributed by atoms with Gasteiger partial charge >= 0.3 is 0 Å². The Labute approximate surface area is 158 Å². The summed E-state index contributed by atoms with van der Waals surface area (Å²) in [7, 11) is 0. The summed E-state index contributed by atoms with van der Waals surface area (Å²) >= 11 is 0. The molecule has 3 aromatic rings. The first-order valence-electron chi connectivity index (χ1n) is 9.02. The van der Waals surface area contributed by atoms with E-state index in [-0.39, 0.29) is 30.0 Å². The number of rotatable bonds is 6. The number of amides is 1.